The monoisotopic (exact) mass is 517 g/mol. The van der Waals surface area contributed by atoms with E-state index in [-0.39, 0.29) is 22.6 Å². The van der Waals surface area contributed by atoms with E-state index in [0.29, 0.717) is 50.3 Å². The van der Waals surface area contributed by atoms with Crippen LogP contribution in [0.5, 0.6) is 0 Å². The van der Waals surface area contributed by atoms with Crippen LogP contribution < -0.4 is 5.32 Å². The van der Waals surface area contributed by atoms with Gasteiger partial charge in [-0.05, 0) is 68.1 Å². The van der Waals surface area contributed by atoms with E-state index in [1.807, 2.05) is 13.8 Å². The zero-order valence-electron chi connectivity index (χ0n) is 21.1. The van der Waals surface area contributed by atoms with Gasteiger partial charge < -0.3 is 10.2 Å². The van der Waals surface area contributed by atoms with Crippen molar-refractivity contribution in [2.45, 2.75) is 57.3 Å². The van der Waals surface area contributed by atoms with Crippen molar-refractivity contribution >= 4 is 27.5 Å². The number of carbonyl (C=O) groups is 2. The van der Waals surface area contributed by atoms with E-state index >= 15 is 0 Å². The lowest BCUT2D eigenvalue weighted by atomic mass is 9.95. The van der Waals surface area contributed by atoms with Gasteiger partial charge in [-0.3, -0.25) is 9.59 Å². The van der Waals surface area contributed by atoms with Crippen LogP contribution in [0, 0.1) is 11.7 Å². The molecule has 1 aliphatic heterocycles. The summed E-state index contributed by atoms with van der Waals surface area (Å²) in [6.45, 7) is 5.89. The molecule has 1 saturated heterocycles. The first-order chi connectivity index (χ1) is 17.3. The SMILES string of the molecule is CCCCN(CCCC)S(=O)(=O)c1ccc(NC(=O)C2CCN(C(=O)c3cccc(F)c3)CC2)cc1. The van der Waals surface area contributed by atoms with Crippen LogP contribution in [-0.4, -0.2) is 55.6 Å². The molecule has 1 fully saturated rings. The molecule has 2 aromatic rings. The molecule has 1 aliphatic rings. The Hall–Kier alpha value is -2.78. The van der Waals surface area contributed by atoms with Crippen LogP contribution in [0.2, 0.25) is 0 Å². The number of carbonyl (C=O) groups excluding carboxylic acids is 2. The minimum absolute atomic E-state index is 0.157. The Balaban J connectivity index is 1.57. The number of piperidine rings is 1. The second-order valence-corrected chi connectivity index (χ2v) is 11.1. The minimum Gasteiger partial charge on any atom is -0.339 e. The second-order valence-electron chi connectivity index (χ2n) is 9.20. The summed E-state index contributed by atoms with van der Waals surface area (Å²) in [7, 11) is -3.59. The Morgan fingerprint density at radius 1 is 1.00 bits per heavy atom. The normalized spacial score (nSPS) is 14.7. The number of hydrogen-bond donors (Lipinski definition) is 1. The van der Waals surface area contributed by atoms with Gasteiger partial charge in [0.2, 0.25) is 15.9 Å². The first kappa shape index (κ1) is 27.8. The third-order valence-electron chi connectivity index (χ3n) is 6.51. The molecule has 7 nitrogen and oxygen atoms in total. The molecule has 2 amide bonds. The van der Waals surface area contributed by atoms with Gasteiger partial charge in [0.05, 0.1) is 4.90 Å². The lowest BCUT2D eigenvalue weighted by Crippen LogP contribution is -2.41. The standard InChI is InChI=1S/C27H36FN3O4S/c1-3-5-16-31(17-6-4-2)36(34,35)25-12-10-24(11-13-25)29-26(32)21-14-18-30(19-15-21)27(33)22-8-7-9-23(28)20-22/h7-13,20-21H,3-6,14-19H2,1-2H3,(H,29,32). The number of likely N-dealkylation sites (tertiary alicyclic amines) is 1. The number of rotatable bonds is 11. The van der Waals surface area contributed by atoms with Gasteiger partial charge in [0.25, 0.3) is 5.91 Å². The molecule has 36 heavy (non-hydrogen) atoms. The topological polar surface area (TPSA) is 86.8 Å². The van der Waals surface area contributed by atoms with Crippen molar-refractivity contribution in [3.63, 3.8) is 0 Å². The van der Waals surface area contributed by atoms with Gasteiger partial charge in [0.1, 0.15) is 5.82 Å². The van der Waals surface area contributed by atoms with Gasteiger partial charge in [-0.1, -0.05) is 32.8 Å². The molecule has 1 N–H and O–H groups in total. The van der Waals surface area contributed by atoms with Crippen LogP contribution in [0.4, 0.5) is 10.1 Å². The summed E-state index contributed by atoms with van der Waals surface area (Å²) in [4.78, 5) is 27.3. The van der Waals surface area contributed by atoms with Gasteiger partial charge in [-0.15, -0.1) is 0 Å². The summed E-state index contributed by atoms with van der Waals surface area (Å²) < 4.78 is 41.2. The summed E-state index contributed by atoms with van der Waals surface area (Å²) in [5.74, 6) is -1.11. The van der Waals surface area contributed by atoms with E-state index in [4.69, 9.17) is 0 Å². The van der Waals surface area contributed by atoms with E-state index < -0.39 is 15.8 Å². The van der Waals surface area contributed by atoms with Gasteiger partial charge in [-0.25, -0.2) is 12.8 Å². The fourth-order valence-corrected chi connectivity index (χ4v) is 5.79. The highest BCUT2D eigenvalue weighted by Crippen LogP contribution is 2.23. The molecule has 0 unspecified atom stereocenters. The van der Waals surface area contributed by atoms with E-state index in [9.17, 15) is 22.4 Å². The molecule has 0 saturated carbocycles. The van der Waals surface area contributed by atoms with Crippen LogP contribution >= 0.6 is 0 Å². The van der Waals surface area contributed by atoms with Crippen LogP contribution in [0.15, 0.2) is 53.4 Å². The first-order valence-electron chi connectivity index (χ1n) is 12.7. The molecule has 0 aromatic heterocycles. The van der Waals surface area contributed by atoms with Crippen molar-refractivity contribution < 1.29 is 22.4 Å². The third kappa shape index (κ3) is 7.13. The van der Waals surface area contributed by atoms with Crippen molar-refractivity contribution in [2.24, 2.45) is 5.92 Å². The fourth-order valence-electron chi connectivity index (χ4n) is 4.27. The van der Waals surface area contributed by atoms with Crippen molar-refractivity contribution in [1.29, 1.82) is 0 Å². The van der Waals surface area contributed by atoms with Crippen molar-refractivity contribution in [1.82, 2.24) is 9.21 Å². The number of halogens is 1. The Labute approximate surface area is 213 Å². The molecule has 0 atom stereocenters. The first-order valence-corrected chi connectivity index (χ1v) is 14.2. The van der Waals surface area contributed by atoms with Crippen LogP contribution in [-0.2, 0) is 14.8 Å². The molecule has 0 aliphatic carbocycles. The van der Waals surface area contributed by atoms with Crippen molar-refractivity contribution in [3.05, 3.63) is 59.9 Å². The van der Waals surface area contributed by atoms with Gasteiger partial charge in [-0.2, -0.15) is 4.31 Å². The zero-order valence-corrected chi connectivity index (χ0v) is 21.9. The minimum atomic E-state index is -3.59. The highest BCUT2D eigenvalue weighted by Gasteiger charge is 2.28. The molecule has 0 radical (unpaired) electrons. The largest absolute Gasteiger partial charge is 0.339 e. The Morgan fingerprint density at radius 2 is 1.61 bits per heavy atom. The van der Waals surface area contributed by atoms with E-state index in [1.165, 1.54) is 30.3 Å². The fraction of sp³-hybridized carbons (Fsp3) is 0.481. The third-order valence-corrected chi connectivity index (χ3v) is 8.42. The molecule has 3 rings (SSSR count). The second kappa shape index (κ2) is 13.0. The molecule has 1 heterocycles. The average Bonchev–Trinajstić information content (AvgIpc) is 2.88. The smallest absolute Gasteiger partial charge is 0.253 e. The predicted molar refractivity (Wildman–Crippen MR) is 139 cm³/mol. The molecule has 0 spiro atoms. The van der Waals surface area contributed by atoms with Crippen LogP contribution in [0.25, 0.3) is 0 Å². The maximum Gasteiger partial charge on any atom is 0.253 e. The van der Waals surface area contributed by atoms with Crippen LogP contribution in [0.1, 0.15) is 62.7 Å². The number of amides is 2. The summed E-state index contributed by atoms with van der Waals surface area (Å²) in [5, 5.41) is 2.87. The van der Waals surface area contributed by atoms with E-state index in [0.717, 1.165) is 25.7 Å². The zero-order chi connectivity index (χ0) is 26.1. The number of anilines is 1. The van der Waals surface area contributed by atoms with Gasteiger partial charge >= 0.3 is 0 Å². The number of unbranched alkanes of at least 4 members (excludes halogenated alkanes) is 2. The lowest BCUT2D eigenvalue weighted by molar-refractivity contribution is -0.121. The summed E-state index contributed by atoms with van der Waals surface area (Å²) in [6, 6.07) is 11.9. The average molecular weight is 518 g/mol. The molecule has 0 bridgehead atoms. The van der Waals surface area contributed by atoms with Crippen LogP contribution in [0.3, 0.4) is 0 Å². The number of sulfonamides is 1. The maximum atomic E-state index is 13.4. The highest BCUT2D eigenvalue weighted by atomic mass is 32.2. The molecular weight excluding hydrogens is 481 g/mol. The highest BCUT2D eigenvalue weighted by molar-refractivity contribution is 7.89. The van der Waals surface area contributed by atoms with Crippen molar-refractivity contribution in [2.75, 3.05) is 31.5 Å². The summed E-state index contributed by atoms with van der Waals surface area (Å²) in [5.41, 5.74) is 0.835. The Bertz CT molecular complexity index is 1120. The molecule has 9 heteroatoms. The van der Waals surface area contributed by atoms with Crippen molar-refractivity contribution in [3.8, 4) is 0 Å². The Kier molecular flexibility index (Phi) is 10.0. The predicted octanol–water partition coefficient (Wildman–Crippen LogP) is 4.91. The lowest BCUT2D eigenvalue weighted by Gasteiger charge is -2.31. The van der Waals surface area contributed by atoms with E-state index in [1.54, 1.807) is 27.4 Å². The number of nitrogens with zero attached hydrogens (tertiary/aromatic N) is 2. The Morgan fingerprint density at radius 3 is 2.17 bits per heavy atom. The van der Waals surface area contributed by atoms with E-state index in [2.05, 4.69) is 5.32 Å². The number of benzene rings is 2. The molecule has 2 aromatic carbocycles. The molecular formula is C27H36FN3O4S. The number of hydrogen-bond acceptors (Lipinski definition) is 4. The van der Waals surface area contributed by atoms with Gasteiger partial charge in [0.15, 0.2) is 0 Å². The maximum absolute atomic E-state index is 13.4. The summed E-state index contributed by atoms with van der Waals surface area (Å²) >= 11 is 0. The summed E-state index contributed by atoms with van der Waals surface area (Å²) in [6.07, 6.45) is 4.46. The number of nitrogens with one attached hydrogen (secondary N) is 1. The quantitative estimate of drug-likeness (QED) is 0.459. The molecule has 196 valence electrons. The van der Waals surface area contributed by atoms with Gasteiger partial charge in [0, 0.05) is 43.3 Å².